The monoisotopic (exact) mass is 335 g/mol. The Bertz CT molecular complexity index is 415. The van der Waals surface area contributed by atoms with E-state index in [0.717, 1.165) is 18.2 Å². The van der Waals surface area contributed by atoms with Gasteiger partial charge in [0.1, 0.15) is 5.75 Å². The lowest BCUT2D eigenvalue weighted by atomic mass is 10.1. The second-order valence-corrected chi connectivity index (χ2v) is 4.87. The van der Waals surface area contributed by atoms with E-state index >= 15 is 0 Å². The van der Waals surface area contributed by atoms with E-state index in [1.165, 1.54) is 12.1 Å². The lowest BCUT2D eigenvalue weighted by Crippen LogP contribution is -2.32. The van der Waals surface area contributed by atoms with Gasteiger partial charge in [-0.3, -0.25) is 4.79 Å². The van der Waals surface area contributed by atoms with Crippen LogP contribution in [0, 0.1) is 0 Å². The maximum atomic E-state index is 12.2. The molecule has 1 rings (SSSR count). The second kappa shape index (κ2) is 8.09. The molecule has 0 saturated heterocycles. The van der Waals surface area contributed by atoms with E-state index in [2.05, 4.69) is 26.0 Å². The summed E-state index contributed by atoms with van der Waals surface area (Å²) in [5, 5.41) is 3.62. The number of carbonyl (C=O) groups is 1. The predicted molar refractivity (Wildman–Crippen MR) is 73.0 cm³/mol. The van der Waals surface area contributed by atoms with Crippen molar-refractivity contribution in [1.29, 1.82) is 0 Å². The first-order chi connectivity index (χ1) is 9.04. The van der Waals surface area contributed by atoms with E-state index < -0.39 is 12.5 Å². The molecule has 0 aliphatic heterocycles. The Labute approximate surface area is 119 Å². The van der Waals surface area contributed by atoms with Gasteiger partial charge in [-0.2, -0.15) is 8.78 Å². The Morgan fingerprint density at radius 3 is 2.74 bits per heavy atom. The van der Waals surface area contributed by atoms with Crippen molar-refractivity contribution in [2.75, 3.05) is 5.33 Å². The maximum absolute atomic E-state index is 12.2. The van der Waals surface area contributed by atoms with Crippen molar-refractivity contribution in [2.45, 2.75) is 32.4 Å². The second-order valence-electron chi connectivity index (χ2n) is 4.08. The van der Waals surface area contributed by atoms with Gasteiger partial charge in [0.2, 0.25) is 0 Å². The normalized spacial score (nSPS) is 12.3. The quantitative estimate of drug-likeness (QED) is 0.773. The Hall–Kier alpha value is -1.17. The summed E-state index contributed by atoms with van der Waals surface area (Å²) in [6.07, 6.45) is 1.74. The van der Waals surface area contributed by atoms with E-state index in [1.54, 1.807) is 12.1 Å². The van der Waals surface area contributed by atoms with E-state index in [4.69, 9.17) is 0 Å². The van der Waals surface area contributed by atoms with Crippen LogP contribution < -0.4 is 10.1 Å². The lowest BCUT2D eigenvalue weighted by Gasteiger charge is -2.15. The summed E-state index contributed by atoms with van der Waals surface area (Å²) in [6, 6.07) is 5.94. The fourth-order valence-corrected chi connectivity index (χ4v) is 1.93. The summed E-state index contributed by atoms with van der Waals surface area (Å²) < 4.78 is 28.8. The summed E-state index contributed by atoms with van der Waals surface area (Å²) in [4.78, 5) is 12.0. The number of hydrogen-bond donors (Lipinski definition) is 1. The third kappa shape index (κ3) is 5.55. The molecule has 1 N–H and O–H groups in total. The summed E-state index contributed by atoms with van der Waals surface area (Å²) in [7, 11) is 0. The Kier molecular flexibility index (Phi) is 6.77. The standard InChI is InChI=1S/C13H16BrF2NO2/c1-9(5-4-8-14)17-12(18)10-6-2-3-7-11(10)19-13(15)16/h2-3,6-7,9,13H,4-5,8H2,1H3,(H,17,18). The third-order valence-corrected chi connectivity index (χ3v) is 3.06. The molecular formula is C13H16BrF2NO2. The zero-order chi connectivity index (χ0) is 14.3. The molecule has 0 aromatic heterocycles. The average Bonchev–Trinajstić information content (AvgIpc) is 2.36. The van der Waals surface area contributed by atoms with Crippen molar-refractivity contribution in [3.05, 3.63) is 29.8 Å². The molecule has 0 radical (unpaired) electrons. The van der Waals surface area contributed by atoms with Crippen LogP contribution in [0.1, 0.15) is 30.1 Å². The number of para-hydroxylation sites is 1. The number of amides is 1. The molecule has 0 aliphatic rings. The topological polar surface area (TPSA) is 38.3 Å². The van der Waals surface area contributed by atoms with Crippen LogP contribution in [-0.2, 0) is 0 Å². The zero-order valence-electron chi connectivity index (χ0n) is 10.5. The lowest BCUT2D eigenvalue weighted by molar-refractivity contribution is -0.0501. The zero-order valence-corrected chi connectivity index (χ0v) is 12.1. The minimum atomic E-state index is -2.94. The van der Waals surface area contributed by atoms with E-state index in [-0.39, 0.29) is 17.4 Å². The summed E-state index contributed by atoms with van der Waals surface area (Å²) in [6.45, 7) is -1.07. The Morgan fingerprint density at radius 2 is 2.11 bits per heavy atom. The molecule has 0 heterocycles. The van der Waals surface area contributed by atoms with Crippen molar-refractivity contribution in [3.8, 4) is 5.75 Å². The van der Waals surface area contributed by atoms with Gasteiger partial charge in [-0.15, -0.1) is 0 Å². The minimum Gasteiger partial charge on any atom is -0.434 e. The highest BCUT2D eigenvalue weighted by molar-refractivity contribution is 9.09. The highest BCUT2D eigenvalue weighted by Crippen LogP contribution is 2.20. The maximum Gasteiger partial charge on any atom is 0.387 e. The van der Waals surface area contributed by atoms with Gasteiger partial charge in [0.25, 0.3) is 5.91 Å². The molecule has 0 saturated carbocycles. The number of carbonyl (C=O) groups excluding carboxylic acids is 1. The number of halogens is 3. The van der Waals surface area contributed by atoms with Crippen LogP contribution in [0.5, 0.6) is 5.75 Å². The molecule has 0 bridgehead atoms. The van der Waals surface area contributed by atoms with Crippen LogP contribution in [0.2, 0.25) is 0 Å². The highest BCUT2D eigenvalue weighted by Gasteiger charge is 2.16. The smallest absolute Gasteiger partial charge is 0.387 e. The molecule has 0 spiro atoms. The van der Waals surface area contributed by atoms with Crippen molar-refractivity contribution in [1.82, 2.24) is 5.32 Å². The van der Waals surface area contributed by atoms with Gasteiger partial charge < -0.3 is 10.1 Å². The van der Waals surface area contributed by atoms with Gasteiger partial charge in [-0.25, -0.2) is 0 Å². The third-order valence-electron chi connectivity index (χ3n) is 2.50. The highest BCUT2D eigenvalue weighted by atomic mass is 79.9. The van der Waals surface area contributed by atoms with Gasteiger partial charge in [0, 0.05) is 11.4 Å². The fourth-order valence-electron chi connectivity index (χ4n) is 1.61. The largest absolute Gasteiger partial charge is 0.434 e. The molecule has 1 unspecified atom stereocenters. The van der Waals surface area contributed by atoms with Crippen molar-refractivity contribution in [3.63, 3.8) is 0 Å². The average molecular weight is 336 g/mol. The number of nitrogens with one attached hydrogen (secondary N) is 1. The van der Waals surface area contributed by atoms with Crippen LogP contribution in [0.25, 0.3) is 0 Å². The first kappa shape index (κ1) is 15.9. The molecule has 3 nitrogen and oxygen atoms in total. The van der Waals surface area contributed by atoms with E-state index in [1.807, 2.05) is 6.92 Å². The summed E-state index contributed by atoms with van der Waals surface area (Å²) in [5.41, 5.74) is 0.119. The predicted octanol–water partition coefficient (Wildman–Crippen LogP) is 3.58. The van der Waals surface area contributed by atoms with Crippen LogP contribution in [0.15, 0.2) is 24.3 Å². The fraction of sp³-hybridized carbons (Fsp3) is 0.462. The molecule has 1 atom stereocenters. The van der Waals surface area contributed by atoms with Crippen molar-refractivity contribution in [2.24, 2.45) is 0 Å². The van der Waals surface area contributed by atoms with Crippen LogP contribution >= 0.6 is 15.9 Å². The van der Waals surface area contributed by atoms with Gasteiger partial charge in [0.15, 0.2) is 0 Å². The Balaban J connectivity index is 2.70. The molecule has 0 fully saturated rings. The van der Waals surface area contributed by atoms with Crippen LogP contribution in [0.4, 0.5) is 8.78 Å². The number of hydrogen-bond acceptors (Lipinski definition) is 2. The summed E-state index contributed by atoms with van der Waals surface area (Å²) in [5.74, 6) is -0.513. The Morgan fingerprint density at radius 1 is 1.42 bits per heavy atom. The van der Waals surface area contributed by atoms with Gasteiger partial charge >= 0.3 is 6.61 Å². The van der Waals surface area contributed by atoms with Crippen LogP contribution in [0.3, 0.4) is 0 Å². The van der Waals surface area contributed by atoms with E-state index in [0.29, 0.717) is 0 Å². The van der Waals surface area contributed by atoms with Crippen molar-refractivity contribution < 1.29 is 18.3 Å². The SMILES string of the molecule is CC(CCCBr)NC(=O)c1ccccc1OC(F)F. The molecule has 1 aromatic carbocycles. The molecule has 19 heavy (non-hydrogen) atoms. The van der Waals surface area contributed by atoms with E-state index in [9.17, 15) is 13.6 Å². The van der Waals surface area contributed by atoms with Gasteiger partial charge in [0.05, 0.1) is 5.56 Å². The van der Waals surface area contributed by atoms with Crippen LogP contribution in [-0.4, -0.2) is 23.9 Å². The number of alkyl halides is 3. The molecular weight excluding hydrogens is 320 g/mol. The van der Waals surface area contributed by atoms with Crippen molar-refractivity contribution >= 4 is 21.8 Å². The number of rotatable bonds is 7. The summed E-state index contributed by atoms with van der Waals surface area (Å²) >= 11 is 3.31. The molecule has 0 aliphatic carbocycles. The first-order valence-corrected chi connectivity index (χ1v) is 7.07. The molecule has 106 valence electrons. The molecule has 1 amide bonds. The number of ether oxygens (including phenoxy) is 1. The minimum absolute atomic E-state index is 0.0235. The van der Waals surface area contributed by atoms with Gasteiger partial charge in [-0.05, 0) is 31.9 Å². The molecule has 6 heteroatoms. The van der Waals surface area contributed by atoms with Gasteiger partial charge in [-0.1, -0.05) is 28.1 Å². The first-order valence-electron chi connectivity index (χ1n) is 5.95. The number of benzene rings is 1. The molecule has 1 aromatic rings.